The van der Waals surface area contributed by atoms with Gasteiger partial charge in [-0.15, -0.1) is 0 Å². The molecule has 0 aliphatic carbocycles. The number of carbonyl (C=O) groups is 2. The summed E-state index contributed by atoms with van der Waals surface area (Å²) in [6.07, 6.45) is -0.408. The lowest BCUT2D eigenvalue weighted by atomic mass is 10.2. The van der Waals surface area contributed by atoms with Gasteiger partial charge in [-0.3, -0.25) is 4.79 Å². The van der Waals surface area contributed by atoms with E-state index >= 15 is 0 Å². The minimum Gasteiger partial charge on any atom is -0.460 e. The molecule has 1 aromatic rings. The van der Waals surface area contributed by atoms with Gasteiger partial charge in [0.05, 0.1) is 12.5 Å². The molecule has 122 valence electrons. The Hall–Kier alpha value is -1.31. The van der Waals surface area contributed by atoms with E-state index in [1.807, 2.05) is 51.1 Å². The van der Waals surface area contributed by atoms with Crippen LogP contribution < -0.4 is 5.32 Å². The average molecular weight is 419 g/mol. The van der Waals surface area contributed by atoms with Crippen molar-refractivity contribution in [2.75, 3.05) is 4.43 Å². The Morgan fingerprint density at radius 3 is 2.41 bits per heavy atom. The first kappa shape index (κ1) is 18.7. The van der Waals surface area contributed by atoms with Crippen LogP contribution in [0.5, 0.6) is 0 Å². The first-order chi connectivity index (χ1) is 10.3. The number of benzene rings is 1. The highest BCUT2D eigenvalue weighted by Crippen LogP contribution is 2.10. The second-order valence-corrected chi connectivity index (χ2v) is 6.73. The van der Waals surface area contributed by atoms with Crippen LogP contribution in [0.25, 0.3) is 0 Å². The molecular formula is C16H22INO4. The Bertz CT molecular complexity index is 485. The molecule has 0 saturated carbocycles. The molecule has 0 aliphatic rings. The van der Waals surface area contributed by atoms with Gasteiger partial charge in [0, 0.05) is 4.43 Å². The van der Waals surface area contributed by atoms with E-state index in [0.29, 0.717) is 4.43 Å². The van der Waals surface area contributed by atoms with Crippen molar-refractivity contribution >= 4 is 34.7 Å². The lowest BCUT2D eigenvalue weighted by Crippen LogP contribution is -2.39. The summed E-state index contributed by atoms with van der Waals surface area (Å²) in [4.78, 5) is 23.5. The van der Waals surface area contributed by atoms with Crippen LogP contribution in [0.2, 0.25) is 0 Å². The summed E-state index contributed by atoms with van der Waals surface area (Å²) in [6, 6.07) is 9.11. The van der Waals surface area contributed by atoms with Crippen LogP contribution >= 0.6 is 22.6 Å². The third-order valence-corrected chi connectivity index (χ3v) is 3.62. The summed E-state index contributed by atoms with van der Waals surface area (Å²) in [5.41, 5.74) is 0.386. The minimum atomic E-state index is -0.533. The van der Waals surface area contributed by atoms with Gasteiger partial charge in [0.2, 0.25) is 0 Å². The number of rotatable bonds is 6. The number of halogens is 1. The Balaban J connectivity index is 2.38. The molecule has 0 saturated heterocycles. The fraction of sp³-hybridized carbons (Fsp3) is 0.500. The van der Waals surface area contributed by atoms with E-state index in [0.717, 1.165) is 5.56 Å². The third-order valence-electron chi connectivity index (χ3n) is 2.55. The zero-order chi connectivity index (χ0) is 16.6. The average Bonchev–Trinajstić information content (AvgIpc) is 2.43. The SMILES string of the molecule is CC(C)(C)OC(=O)CC(CI)NC(=O)OCc1ccccc1. The Kier molecular flexibility index (Phi) is 7.64. The molecule has 5 nitrogen and oxygen atoms in total. The van der Waals surface area contributed by atoms with Crippen LogP contribution in [0, 0.1) is 0 Å². The molecular weight excluding hydrogens is 397 g/mol. The maximum Gasteiger partial charge on any atom is 0.407 e. The van der Waals surface area contributed by atoms with Crippen LogP contribution in [0.15, 0.2) is 30.3 Å². The van der Waals surface area contributed by atoms with Gasteiger partial charge >= 0.3 is 12.1 Å². The minimum absolute atomic E-state index is 0.126. The fourth-order valence-electron chi connectivity index (χ4n) is 1.66. The van der Waals surface area contributed by atoms with Crippen molar-refractivity contribution in [3.8, 4) is 0 Å². The largest absolute Gasteiger partial charge is 0.460 e. The van der Waals surface area contributed by atoms with E-state index in [1.165, 1.54) is 0 Å². The zero-order valence-electron chi connectivity index (χ0n) is 13.1. The van der Waals surface area contributed by atoms with Gasteiger partial charge in [0.1, 0.15) is 12.2 Å². The highest BCUT2D eigenvalue weighted by molar-refractivity contribution is 14.1. The van der Waals surface area contributed by atoms with Crippen molar-refractivity contribution in [2.24, 2.45) is 0 Å². The van der Waals surface area contributed by atoms with Gasteiger partial charge < -0.3 is 14.8 Å². The molecule has 22 heavy (non-hydrogen) atoms. The second-order valence-electron chi connectivity index (χ2n) is 5.85. The molecule has 0 aromatic heterocycles. The van der Waals surface area contributed by atoms with E-state index in [9.17, 15) is 9.59 Å². The number of amides is 1. The summed E-state index contributed by atoms with van der Waals surface area (Å²) in [5, 5.41) is 2.68. The summed E-state index contributed by atoms with van der Waals surface area (Å²) >= 11 is 2.12. The van der Waals surface area contributed by atoms with Gasteiger partial charge in [-0.1, -0.05) is 52.9 Å². The van der Waals surface area contributed by atoms with Gasteiger partial charge in [0.15, 0.2) is 0 Å². The molecule has 0 heterocycles. The topological polar surface area (TPSA) is 64.6 Å². The van der Waals surface area contributed by atoms with E-state index in [2.05, 4.69) is 27.9 Å². The maximum atomic E-state index is 11.8. The summed E-state index contributed by atoms with van der Waals surface area (Å²) < 4.78 is 11.0. The van der Waals surface area contributed by atoms with Gasteiger partial charge in [-0.25, -0.2) is 4.79 Å². The number of hydrogen-bond acceptors (Lipinski definition) is 4. The predicted molar refractivity (Wildman–Crippen MR) is 92.9 cm³/mol. The molecule has 1 amide bonds. The number of esters is 1. The van der Waals surface area contributed by atoms with Crippen molar-refractivity contribution < 1.29 is 19.1 Å². The van der Waals surface area contributed by atoms with E-state index in [1.54, 1.807) is 0 Å². The number of alkyl carbamates (subject to hydrolysis) is 1. The quantitative estimate of drug-likeness (QED) is 0.436. The Labute approximate surface area is 144 Å². The van der Waals surface area contributed by atoms with Gasteiger partial charge in [0.25, 0.3) is 0 Å². The van der Waals surface area contributed by atoms with E-state index in [-0.39, 0.29) is 25.0 Å². The van der Waals surface area contributed by atoms with Crippen LogP contribution in [0.1, 0.15) is 32.8 Å². The molecule has 1 aromatic carbocycles. The molecule has 6 heteroatoms. The molecule has 1 unspecified atom stereocenters. The van der Waals surface area contributed by atoms with E-state index < -0.39 is 11.7 Å². The van der Waals surface area contributed by atoms with Crippen LogP contribution in [-0.2, 0) is 20.9 Å². The van der Waals surface area contributed by atoms with Crippen molar-refractivity contribution in [3.63, 3.8) is 0 Å². The first-order valence-electron chi connectivity index (χ1n) is 7.05. The van der Waals surface area contributed by atoms with E-state index in [4.69, 9.17) is 9.47 Å². The van der Waals surface area contributed by atoms with Crippen LogP contribution in [0.4, 0.5) is 4.79 Å². The monoisotopic (exact) mass is 419 g/mol. The molecule has 0 spiro atoms. The lowest BCUT2D eigenvalue weighted by Gasteiger charge is -2.22. The third kappa shape index (κ3) is 8.21. The first-order valence-corrected chi connectivity index (χ1v) is 8.58. The zero-order valence-corrected chi connectivity index (χ0v) is 15.3. The summed E-state index contributed by atoms with van der Waals surface area (Å²) in [5.74, 6) is -0.336. The molecule has 0 bridgehead atoms. The molecule has 1 atom stereocenters. The fourth-order valence-corrected chi connectivity index (χ4v) is 2.19. The standard InChI is InChI=1S/C16H22INO4/c1-16(2,3)22-14(19)9-13(10-17)18-15(20)21-11-12-7-5-4-6-8-12/h4-8,13H,9-11H2,1-3H3,(H,18,20). The van der Waals surface area contributed by atoms with Crippen molar-refractivity contribution in [1.82, 2.24) is 5.32 Å². The predicted octanol–water partition coefficient (Wildman–Crippen LogP) is 3.45. The highest BCUT2D eigenvalue weighted by atomic mass is 127. The number of alkyl halides is 1. The van der Waals surface area contributed by atoms with Crippen molar-refractivity contribution in [3.05, 3.63) is 35.9 Å². The number of ether oxygens (including phenoxy) is 2. The molecule has 0 radical (unpaired) electrons. The maximum absolute atomic E-state index is 11.8. The van der Waals surface area contributed by atoms with Crippen LogP contribution in [0.3, 0.4) is 0 Å². The molecule has 0 fully saturated rings. The number of hydrogen-bond donors (Lipinski definition) is 1. The van der Waals surface area contributed by atoms with Crippen LogP contribution in [-0.4, -0.2) is 28.1 Å². The number of nitrogens with one attached hydrogen (secondary N) is 1. The smallest absolute Gasteiger partial charge is 0.407 e. The van der Waals surface area contributed by atoms with Crippen molar-refractivity contribution in [2.45, 2.75) is 45.4 Å². The highest BCUT2D eigenvalue weighted by Gasteiger charge is 2.21. The van der Waals surface area contributed by atoms with Gasteiger partial charge in [-0.05, 0) is 26.3 Å². The second kappa shape index (κ2) is 8.97. The normalized spacial score (nSPS) is 12.4. The molecule has 1 N–H and O–H groups in total. The van der Waals surface area contributed by atoms with Gasteiger partial charge in [-0.2, -0.15) is 0 Å². The Morgan fingerprint density at radius 1 is 1.23 bits per heavy atom. The summed E-state index contributed by atoms with van der Waals surface area (Å²) in [7, 11) is 0. The Morgan fingerprint density at radius 2 is 1.86 bits per heavy atom. The molecule has 0 aliphatic heterocycles. The van der Waals surface area contributed by atoms with Crippen molar-refractivity contribution in [1.29, 1.82) is 0 Å². The number of carbonyl (C=O) groups excluding carboxylic acids is 2. The molecule has 1 rings (SSSR count). The summed E-state index contributed by atoms with van der Waals surface area (Å²) in [6.45, 7) is 5.63. The lowest BCUT2D eigenvalue weighted by molar-refractivity contribution is -0.155.